The Morgan fingerprint density at radius 3 is 2.50 bits per heavy atom. The highest BCUT2D eigenvalue weighted by molar-refractivity contribution is 6.07. The van der Waals surface area contributed by atoms with Crippen molar-refractivity contribution in [3.8, 4) is 0 Å². The van der Waals surface area contributed by atoms with Crippen molar-refractivity contribution < 1.29 is 14.7 Å². The fraction of sp³-hybridized carbons (Fsp3) is 0.111. The molecule has 3 rings (SSSR count). The van der Waals surface area contributed by atoms with Gasteiger partial charge in [-0.2, -0.15) is 0 Å². The first-order valence-corrected chi connectivity index (χ1v) is 7.53. The maximum absolute atomic E-state index is 12.2. The van der Waals surface area contributed by atoms with Crippen LogP contribution in [0, 0.1) is 0 Å². The normalized spacial score (nSPS) is 11.9. The van der Waals surface area contributed by atoms with Gasteiger partial charge in [0.05, 0.1) is 18.1 Å². The van der Waals surface area contributed by atoms with E-state index in [0.717, 1.165) is 10.9 Å². The predicted octanol–water partition coefficient (Wildman–Crippen LogP) is 2.05. The van der Waals surface area contributed by atoms with Crippen LogP contribution in [-0.4, -0.2) is 21.9 Å². The SMILES string of the molecule is O=C(CC(O)c1ccccc1)NNC(=O)c1c[nH]c2ccccc12. The summed E-state index contributed by atoms with van der Waals surface area (Å²) in [6, 6.07) is 16.3. The molecule has 0 saturated heterocycles. The first-order valence-electron chi connectivity index (χ1n) is 7.53. The third-order valence-corrected chi connectivity index (χ3v) is 3.71. The Hall–Kier alpha value is -3.12. The smallest absolute Gasteiger partial charge is 0.271 e. The summed E-state index contributed by atoms with van der Waals surface area (Å²) in [7, 11) is 0. The van der Waals surface area contributed by atoms with Gasteiger partial charge in [0.25, 0.3) is 5.91 Å². The van der Waals surface area contributed by atoms with Gasteiger partial charge in [0.15, 0.2) is 0 Å². The van der Waals surface area contributed by atoms with E-state index in [1.165, 1.54) is 0 Å². The summed E-state index contributed by atoms with van der Waals surface area (Å²) >= 11 is 0. The van der Waals surface area contributed by atoms with E-state index in [2.05, 4.69) is 15.8 Å². The highest BCUT2D eigenvalue weighted by atomic mass is 16.3. The second-order valence-electron chi connectivity index (χ2n) is 5.38. The van der Waals surface area contributed by atoms with Crippen molar-refractivity contribution in [1.29, 1.82) is 0 Å². The molecule has 0 aliphatic carbocycles. The lowest BCUT2D eigenvalue weighted by atomic mass is 10.1. The van der Waals surface area contributed by atoms with E-state index >= 15 is 0 Å². The molecule has 1 atom stereocenters. The maximum atomic E-state index is 12.2. The number of carbonyl (C=O) groups is 2. The van der Waals surface area contributed by atoms with Crippen molar-refractivity contribution in [3.05, 3.63) is 71.9 Å². The van der Waals surface area contributed by atoms with Gasteiger partial charge in [0, 0.05) is 17.1 Å². The zero-order valence-electron chi connectivity index (χ0n) is 12.8. The molecule has 0 radical (unpaired) electrons. The average molecular weight is 323 g/mol. The van der Waals surface area contributed by atoms with Gasteiger partial charge in [-0.1, -0.05) is 48.5 Å². The number of nitrogens with one attached hydrogen (secondary N) is 3. The van der Waals surface area contributed by atoms with Gasteiger partial charge in [0.1, 0.15) is 0 Å². The first-order chi connectivity index (χ1) is 11.6. The fourth-order valence-corrected chi connectivity index (χ4v) is 2.47. The van der Waals surface area contributed by atoms with Crippen molar-refractivity contribution in [2.75, 3.05) is 0 Å². The summed E-state index contributed by atoms with van der Waals surface area (Å²) in [5.74, 6) is -0.894. The largest absolute Gasteiger partial charge is 0.388 e. The van der Waals surface area contributed by atoms with Gasteiger partial charge < -0.3 is 10.1 Å². The zero-order chi connectivity index (χ0) is 16.9. The van der Waals surface area contributed by atoms with Crippen molar-refractivity contribution >= 4 is 22.7 Å². The third kappa shape index (κ3) is 3.44. The molecule has 6 nitrogen and oxygen atoms in total. The van der Waals surface area contributed by atoms with E-state index in [1.807, 2.05) is 30.3 Å². The van der Waals surface area contributed by atoms with Crippen molar-refractivity contribution in [3.63, 3.8) is 0 Å². The van der Waals surface area contributed by atoms with Crippen LogP contribution in [0.2, 0.25) is 0 Å². The number of hydrazine groups is 1. The lowest BCUT2D eigenvalue weighted by Gasteiger charge is -2.11. The number of fused-ring (bicyclic) bond motifs is 1. The summed E-state index contributed by atoms with van der Waals surface area (Å²) in [4.78, 5) is 27.0. The number of para-hydroxylation sites is 1. The molecular formula is C18H17N3O3. The molecule has 0 bridgehead atoms. The number of aliphatic hydroxyl groups is 1. The molecule has 2 amide bonds. The Kier molecular flexibility index (Phi) is 4.58. The van der Waals surface area contributed by atoms with Crippen LogP contribution in [0.5, 0.6) is 0 Å². The van der Waals surface area contributed by atoms with Crippen LogP contribution in [0.3, 0.4) is 0 Å². The number of aromatic nitrogens is 1. The van der Waals surface area contributed by atoms with Gasteiger partial charge in [-0.3, -0.25) is 20.4 Å². The maximum Gasteiger partial charge on any atom is 0.271 e. The standard InChI is InChI=1S/C18H17N3O3/c22-16(12-6-2-1-3-7-12)10-17(23)20-21-18(24)14-11-19-15-9-5-4-8-13(14)15/h1-9,11,16,19,22H,10H2,(H,20,23)(H,21,24). The zero-order valence-corrected chi connectivity index (χ0v) is 12.8. The van der Waals surface area contributed by atoms with Gasteiger partial charge in [-0.05, 0) is 11.6 Å². The lowest BCUT2D eigenvalue weighted by molar-refractivity contribution is -0.123. The van der Waals surface area contributed by atoms with Crippen molar-refractivity contribution in [1.82, 2.24) is 15.8 Å². The first kappa shape index (κ1) is 15.8. The number of H-pyrrole nitrogens is 1. The second kappa shape index (κ2) is 6.97. The average Bonchev–Trinajstić information content (AvgIpc) is 3.04. The van der Waals surface area contributed by atoms with Crippen LogP contribution >= 0.6 is 0 Å². The number of benzene rings is 2. The molecule has 3 aromatic rings. The number of hydrogen-bond donors (Lipinski definition) is 4. The molecule has 1 aromatic heterocycles. The Bertz CT molecular complexity index is 858. The van der Waals surface area contributed by atoms with Crippen LogP contribution in [0.15, 0.2) is 60.8 Å². The summed E-state index contributed by atoms with van der Waals surface area (Å²) < 4.78 is 0. The predicted molar refractivity (Wildman–Crippen MR) is 89.9 cm³/mol. The fourth-order valence-electron chi connectivity index (χ4n) is 2.47. The molecule has 2 aromatic carbocycles. The van der Waals surface area contributed by atoms with E-state index in [1.54, 1.807) is 30.5 Å². The van der Waals surface area contributed by atoms with E-state index in [-0.39, 0.29) is 6.42 Å². The molecule has 0 spiro atoms. The summed E-state index contributed by atoms with van der Waals surface area (Å²) in [5, 5.41) is 10.8. The molecule has 1 unspecified atom stereocenters. The minimum absolute atomic E-state index is 0.141. The molecule has 122 valence electrons. The van der Waals surface area contributed by atoms with E-state index in [9.17, 15) is 14.7 Å². The third-order valence-electron chi connectivity index (χ3n) is 3.71. The van der Waals surface area contributed by atoms with E-state index < -0.39 is 17.9 Å². The molecule has 0 fully saturated rings. The molecule has 0 aliphatic rings. The monoisotopic (exact) mass is 323 g/mol. The van der Waals surface area contributed by atoms with Gasteiger partial charge in [-0.25, -0.2) is 0 Å². The van der Waals surface area contributed by atoms with Crippen molar-refractivity contribution in [2.24, 2.45) is 0 Å². The minimum Gasteiger partial charge on any atom is -0.388 e. The number of aromatic amines is 1. The summed E-state index contributed by atoms with van der Waals surface area (Å²) in [6.07, 6.45) is 0.527. The molecule has 24 heavy (non-hydrogen) atoms. The van der Waals surface area contributed by atoms with E-state index in [4.69, 9.17) is 0 Å². The quantitative estimate of drug-likeness (QED) is 0.554. The molecule has 4 N–H and O–H groups in total. The highest BCUT2D eigenvalue weighted by Crippen LogP contribution is 2.17. The van der Waals surface area contributed by atoms with Crippen molar-refractivity contribution in [2.45, 2.75) is 12.5 Å². The van der Waals surface area contributed by atoms with Gasteiger partial charge in [0.2, 0.25) is 5.91 Å². The number of aliphatic hydroxyl groups excluding tert-OH is 1. The topological polar surface area (TPSA) is 94.2 Å². The van der Waals surface area contributed by atoms with E-state index in [0.29, 0.717) is 11.1 Å². The van der Waals surface area contributed by atoms with Gasteiger partial charge >= 0.3 is 0 Å². The molecule has 6 heteroatoms. The lowest BCUT2D eigenvalue weighted by Crippen LogP contribution is -2.42. The molecule has 0 saturated carbocycles. The Morgan fingerprint density at radius 1 is 1.00 bits per heavy atom. The number of amides is 2. The Balaban J connectivity index is 1.57. The molecular weight excluding hydrogens is 306 g/mol. The number of hydrogen-bond acceptors (Lipinski definition) is 3. The number of carbonyl (C=O) groups excluding carboxylic acids is 2. The van der Waals surface area contributed by atoms with Crippen LogP contribution in [-0.2, 0) is 4.79 Å². The Labute approximate surface area is 138 Å². The van der Waals surface area contributed by atoms with Crippen LogP contribution in [0.1, 0.15) is 28.4 Å². The van der Waals surface area contributed by atoms with Crippen LogP contribution in [0.4, 0.5) is 0 Å². The Morgan fingerprint density at radius 2 is 1.71 bits per heavy atom. The number of rotatable bonds is 4. The molecule has 1 heterocycles. The second-order valence-corrected chi connectivity index (χ2v) is 5.38. The minimum atomic E-state index is -0.920. The summed E-state index contributed by atoms with van der Waals surface area (Å²) in [5.41, 5.74) is 6.62. The highest BCUT2D eigenvalue weighted by Gasteiger charge is 2.15. The molecule has 0 aliphatic heterocycles. The van der Waals surface area contributed by atoms with Crippen LogP contribution in [0.25, 0.3) is 10.9 Å². The summed E-state index contributed by atoms with van der Waals surface area (Å²) in [6.45, 7) is 0. The van der Waals surface area contributed by atoms with Gasteiger partial charge in [-0.15, -0.1) is 0 Å². The van der Waals surface area contributed by atoms with Crippen LogP contribution < -0.4 is 10.9 Å².